The first-order valence-electron chi connectivity index (χ1n) is 9.84. The molecule has 1 amide bonds. The van der Waals surface area contributed by atoms with Crippen LogP contribution in [0.1, 0.15) is 54.9 Å². The van der Waals surface area contributed by atoms with E-state index in [9.17, 15) is 23.3 Å². The van der Waals surface area contributed by atoms with Gasteiger partial charge in [-0.3, -0.25) is 14.9 Å². The monoisotopic (exact) mass is 431 g/mol. The SMILES string of the molecule is CC(C)S(=O)(=O)N[C@H]1CCC[C@H]1c1ccc(NC(=O)c2cccc([N+](=O)[O-])c2)cc1. The fourth-order valence-corrected chi connectivity index (χ4v) is 4.60. The molecule has 1 saturated carbocycles. The van der Waals surface area contributed by atoms with Gasteiger partial charge in [-0.05, 0) is 50.5 Å². The largest absolute Gasteiger partial charge is 0.322 e. The zero-order valence-electron chi connectivity index (χ0n) is 16.9. The van der Waals surface area contributed by atoms with Crippen LogP contribution in [0.3, 0.4) is 0 Å². The van der Waals surface area contributed by atoms with E-state index in [2.05, 4.69) is 10.0 Å². The molecule has 0 radical (unpaired) electrons. The Labute approximate surface area is 175 Å². The predicted molar refractivity (Wildman–Crippen MR) is 115 cm³/mol. The normalized spacial score (nSPS) is 19.0. The van der Waals surface area contributed by atoms with Crippen LogP contribution in [0, 0.1) is 10.1 Å². The number of anilines is 1. The molecule has 0 saturated heterocycles. The van der Waals surface area contributed by atoms with Gasteiger partial charge in [0.05, 0.1) is 10.2 Å². The van der Waals surface area contributed by atoms with E-state index in [4.69, 9.17) is 0 Å². The van der Waals surface area contributed by atoms with E-state index in [-0.39, 0.29) is 23.2 Å². The van der Waals surface area contributed by atoms with Gasteiger partial charge in [-0.1, -0.05) is 24.6 Å². The van der Waals surface area contributed by atoms with Crippen molar-refractivity contribution in [2.24, 2.45) is 0 Å². The highest BCUT2D eigenvalue weighted by molar-refractivity contribution is 7.90. The maximum absolute atomic E-state index is 12.4. The van der Waals surface area contributed by atoms with Crippen molar-refractivity contribution in [1.29, 1.82) is 0 Å². The van der Waals surface area contributed by atoms with Crippen LogP contribution in [0.25, 0.3) is 0 Å². The average molecular weight is 432 g/mol. The number of nitro groups is 1. The molecule has 0 unspecified atom stereocenters. The Morgan fingerprint density at radius 2 is 1.83 bits per heavy atom. The van der Waals surface area contributed by atoms with E-state index in [1.165, 1.54) is 24.3 Å². The minimum atomic E-state index is -3.34. The van der Waals surface area contributed by atoms with Crippen LogP contribution >= 0.6 is 0 Å². The second-order valence-corrected chi connectivity index (χ2v) is 10.0. The Hall–Kier alpha value is -2.78. The molecule has 2 N–H and O–H groups in total. The van der Waals surface area contributed by atoms with Crippen LogP contribution in [-0.4, -0.2) is 30.5 Å². The summed E-state index contributed by atoms with van der Waals surface area (Å²) in [6, 6.07) is 12.7. The first-order valence-corrected chi connectivity index (χ1v) is 11.4. The molecule has 30 heavy (non-hydrogen) atoms. The number of amides is 1. The highest BCUT2D eigenvalue weighted by Gasteiger charge is 2.32. The molecule has 0 heterocycles. The van der Waals surface area contributed by atoms with Gasteiger partial charge >= 0.3 is 0 Å². The van der Waals surface area contributed by atoms with Gasteiger partial charge in [0.25, 0.3) is 11.6 Å². The van der Waals surface area contributed by atoms with Crippen LogP contribution < -0.4 is 10.0 Å². The van der Waals surface area contributed by atoms with Crippen molar-refractivity contribution >= 4 is 27.3 Å². The smallest absolute Gasteiger partial charge is 0.270 e. The Balaban J connectivity index is 1.69. The molecular weight excluding hydrogens is 406 g/mol. The molecule has 1 fully saturated rings. The molecule has 160 valence electrons. The average Bonchev–Trinajstić information content (AvgIpc) is 3.16. The van der Waals surface area contributed by atoms with Gasteiger partial charge in [0, 0.05) is 35.3 Å². The number of nitrogens with one attached hydrogen (secondary N) is 2. The zero-order valence-corrected chi connectivity index (χ0v) is 17.7. The Bertz CT molecular complexity index is 1030. The van der Waals surface area contributed by atoms with Crippen molar-refractivity contribution in [3.63, 3.8) is 0 Å². The van der Waals surface area contributed by atoms with Crippen molar-refractivity contribution in [3.8, 4) is 0 Å². The molecule has 0 aliphatic heterocycles. The lowest BCUT2D eigenvalue weighted by Crippen LogP contribution is -2.40. The number of hydrogen-bond donors (Lipinski definition) is 2. The van der Waals surface area contributed by atoms with Gasteiger partial charge in [0.1, 0.15) is 0 Å². The topological polar surface area (TPSA) is 118 Å². The molecule has 0 spiro atoms. The number of carbonyl (C=O) groups is 1. The highest BCUT2D eigenvalue weighted by atomic mass is 32.2. The van der Waals surface area contributed by atoms with E-state index in [0.29, 0.717) is 5.69 Å². The summed E-state index contributed by atoms with van der Waals surface area (Å²) in [7, 11) is -3.34. The molecule has 1 aliphatic carbocycles. The van der Waals surface area contributed by atoms with Gasteiger partial charge in [-0.25, -0.2) is 13.1 Å². The van der Waals surface area contributed by atoms with Crippen molar-refractivity contribution in [3.05, 3.63) is 69.8 Å². The number of nitrogens with zero attached hydrogens (tertiary/aromatic N) is 1. The number of nitro benzene ring substituents is 1. The van der Waals surface area contributed by atoms with E-state index in [0.717, 1.165) is 24.8 Å². The van der Waals surface area contributed by atoms with Gasteiger partial charge in [-0.2, -0.15) is 0 Å². The molecule has 3 rings (SSSR count). The summed E-state index contributed by atoms with van der Waals surface area (Å²) >= 11 is 0. The molecule has 0 aromatic heterocycles. The van der Waals surface area contributed by atoms with Crippen molar-refractivity contribution in [1.82, 2.24) is 4.72 Å². The summed E-state index contributed by atoms with van der Waals surface area (Å²) in [4.78, 5) is 22.7. The third-order valence-corrected chi connectivity index (χ3v) is 7.24. The van der Waals surface area contributed by atoms with E-state index in [1.807, 2.05) is 12.1 Å². The van der Waals surface area contributed by atoms with Gasteiger partial charge < -0.3 is 5.32 Å². The van der Waals surface area contributed by atoms with Crippen LogP contribution in [0.5, 0.6) is 0 Å². The second-order valence-electron chi connectivity index (χ2n) is 7.74. The predicted octanol–water partition coefficient (Wildman–Crippen LogP) is 3.81. The molecule has 9 heteroatoms. The fourth-order valence-electron chi connectivity index (χ4n) is 3.62. The first kappa shape index (κ1) is 21.9. The Morgan fingerprint density at radius 1 is 1.13 bits per heavy atom. The Kier molecular flexibility index (Phi) is 6.52. The number of hydrogen-bond acceptors (Lipinski definition) is 5. The molecule has 2 aromatic carbocycles. The Morgan fingerprint density at radius 3 is 2.47 bits per heavy atom. The van der Waals surface area contributed by atoms with Crippen molar-refractivity contribution in [2.45, 2.75) is 50.3 Å². The van der Waals surface area contributed by atoms with Gasteiger partial charge in [-0.15, -0.1) is 0 Å². The van der Waals surface area contributed by atoms with Crippen molar-refractivity contribution in [2.75, 3.05) is 5.32 Å². The molecular formula is C21H25N3O5S. The summed E-state index contributed by atoms with van der Waals surface area (Å²) in [5.74, 6) is -0.352. The summed E-state index contributed by atoms with van der Waals surface area (Å²) in [5.41, 5.74) is 1.63. The molecule has 2 atom stereocenters. The lowest BCUT2D eigenvalue weighted by molar-refractivity contribution is -0.384. The molecule has 2 aromatic rings. The van der Waals surface area contributed by atoms with Crippen LogP contribution in [-0.2, 0) is 10.0 Å². The minimum absolute atomic E-state index is 0.0834. The van der Waals surface area contributed by atoms with E-state index in [1.54, 1.807) is 26.0 Å². The van der Waals surface area contributed by atoms with E-state index < -0.39 is 26.1 Å². The summed E-state index contributed by atoms with van der Waals surface area (Å²) < 4.78 is 27.3. The minimum Gasteiger partial charge on any atom is -0.322 e. The highest BCUT2D eigenvalue weighted by Crippen LogP contribution is 2.35. The quantitative estimate of drug-likeness (QED) is 0.510. The van der Waals surface area contributed by atoms with Crippen LogP contribution in [0.4, 0.5) is 11.4 Å². The zero-order chi connectivity index (χ0) is 21.9. The third-order valence-electron chi connectivity index (χ3n) is 5.37. The summed E-state index contributed by atoms with van der Waals surface area (Å²) in [6.07, 6.45) is 2.63. The summed E-state index contributed by atoms with van der Waals surface area (Å²) in [6.45, 7) is 3.32. The first-order chi connectivity index (χ1) is 14.2. The number of sulfonamides is 1. The number of rotatable bonds is 7. The number of non-ortho nitro benzene ring substituents is 1. The van der Waals surface area contributed by atoms with Crippen LogP contribution in [0.15, 0.2) is 48.5 Å². The standard InChI is InChI=1S/C21H25N3O5S/c1-14(2)30(28,29)23-20-8-4-7-19(20)15-9-11-17(12-10-15)22-21(25)16-5-3-6-18(13-16)24(26)27/h3,5-6,9-14,19-20,23H,4,7-8H2,1-2H3,(H,22,25)/t19-,20-/m0/s1. The molecule has 8 nitrogen and oxygen atoms in total. The maximum atomic E-state index is 12.4. The number of benzene rings is 2. The summed E-state index contributed by atoms with van der Waals surface area (Å²) in [5, 5.41) is 13.1. The lowest BCUT2D eigenvalue weighted by atomic mass is 9.94. The van der Waals surface area contributed by atoms with E-state index >= 15 is 0 Å². The fraction of sp³-hybridized carbons (Fsp3) is 0.381. The lowest BCUT2D eigenvalue weighted by Gasteiger charge is -2.22. The molecule has 1 aliphatic rings. The van der Waals surface area contributed by atoms with Gasteiger partial charge in [0.15, 0.2) is 0 Å². The molecule has 0 bridgehead atoms. The third kappa shape index (κ3) is 5.03. The maximum Gasteiger partial charge on any atom is 0.270 e. The number of carbonyl (C=O) groups excluding carboxylic acids is 1. The van der Waals surface area contributed by atoms with Gasteiger partial charge in [0.2, 0.25) is 10.0 Å². The second kappa shape index (κ2) is 8.93. The van der Waals surface area contributed by atoms with Crippen molar-refractivity contribution < 1.29 is 18.1 Å². The van der Waals surface area contributed by atoms with Crippen LogP contribution in [0.2, 0.25) is 0 Å².